The summed E-state index contributed by atoms with van der Waals surface area (Å²) < 4.78 is 0. The fraction of sp³-hybridized carbons (Fsp3) is 0.235. The summed E-state index contributed by atoms with van der Waals surface area (Å²) >= 11 is 0. The topological polar surface area (TPSA) is 32.3 Å². The minimum absolute atomic E-state index is 0.136. The van der Waals surface area contributed by atoms with Gasteiger partial charge in [-0.05, 0) is 22.8 Å². The van der Waals surface area contributed by atoms with E-state index in [9.17, 15) is 4.79 Å². The second kappa shape index (κ2) is 6.63. The van der Waals surface area contributed by atoms with E-state index in [-0.39, 0.29) is 12.6 Å². The molecule has 0 fully saturated rings. The van der Waals surface area contributed by atoms with E-state index in [2.05, 4.69) is 41.6 Å². The highest BCUT2D eigenvalue weighted by atomic mass is 16.2. The molecule has 0 aliphatic carbocycles. The molecular formula is C17H18N2O. The summed E-state index contributed by atoms with van der Waals surface area (Å²) in [5.41, 5.74) is 1.25. The van der Waals surface area contributed by atoms with Gasteiger partial charge in [0, 0.05) is 13.6 Å². The normalized spacial score (nSPS) is 10.0. The van der Waals surface area contributed by atoms with E-state index in [1.807, 2.05) is 12.1 Å². The van der Waals surface area contributed by atoms with E-state index >= 15 is 0 Å². The quantitative estimate of drug-likeness (QED) is 0.848. The van der Waals surface area contributed by atoms with Crippen molar-refractivity contribution in [1.82, 2.24) is 10.2 Å². The molecule has 2 aromatic carbocycles. The molecule has 0 heterocycles. The number of nitrogens with one attached hydrogen (secondary N) is 1. The number of amides is 2. The van der Waals surface area contributed by atoms with E-state index in [4.69, 9.17) is 6.42 Å². The highest BCUT2D eigenvalue weighted by Crippen LogP contribution is 2.18. The van der Waals surface area contributed by atoms with Crippen molar-refractivity contribution < 1.29 is 4.79 Å². The van der Waals surface area contributed by atoms with Gasteiger partial charge in [0.25, 0.3) is 0 Å². The molecule has 0 spiro atoms. The van der Waals surface area contributed by atoms with Gasteiger partial charge >= 0.3 is 6.03 Å². The van der Waals surface area contributed by atoms with Gasteiger partial charge in [0.2, 0.25) is 0 Å². The Balaban J connectivity index is 2.03. The minimum Gasteiger partial charge on any atom is -0.328 e. The highest BCUT2D eigenvalue weighted by Gasteiger charge is 2.08. The summed E-state index contributed by atoms with van der Waals surface area (Å²) in [6.07, 6.45) is 5.94. The van der Waals surface area contributed by atoms with Crippen molar-refractivity contribution >= 4 is 16.8 Å². The Hall–Kier alpha value is -2.47. The average Bonchev–Trinajstić information content (AvgIpc) is 2.50. The molecule has 0 bridgehead atoms. The van der Waals surface area contributed by atoms with Crippen LogP contribution in [0.5, 0.6) is 0 Å². The van der Waals surface area contributed by atoms with Gasteiger partial charge in [0.05, 0.1) is 6.54 Å². The first-order chi connectivity index (χ1) is 9.72. The Morgan fingerprint density at radius 2 is 2.00 bits per heavy atom. The van der Waals surface area contributed by atoms with Crippen LogP contribution in [0, 0.1) is 12.3 Å². The van der Waals surface area contributed by atoms with E-state index in [1.165, 1.54) is 16.3 Å². The van der Waals surface area contributed by atoms with Crippen LogP contribution in [0.4, 0.5) is 4.79 Å². The van der Waals surface area contributed by atoms with Gasteiger partial charge in [0.1, 0.15) is 0 Å². The molecule has 1 N–H and O–H groups in total. The first-order valence-electron chi connectivity index (χ1n) is 6.61. The standard InChI is InChI=1S/C17H18N2O/c1-3-12-18-17(20)19(2)13-11-15-9-6-8-14-7-4-5-10-16(14)15/h1,4-10H,11-13H2,2H3,(H,18,20). The molecule has 20 heavy (non-hydrogen) atoms. The number of carbonyl (C=O) groups excluding carboxylic acids is 1. The molecule has 2 aromatic rings. The molecule has 0 saturated heterocycles. The smallest absolute Gasteiger partial charge is 0.317 e. The third kappa shape index (κ3) is 3.30. The Bertz CT molecular complexity index is 637. The maximum Gasteiger partial charge on any atom is 0.317 e. The molecule has 3 heteroatoms. The largest absolute Gasteiger partial charge is 0.328 e. The molecule has 102 valence electrons. The van der Waals surface area contributed by atoms with Crippen LogP contribution >= 0.6 is 0 Å². The lowest BCUT2D eigenvalue weighted by molar-refractivity contribution is 0.210. The molecule has 0 unspecified atom stereocenters. The fourth-order valence-corrected chi connectivity index (χ4v) is 2.16. The molecule has 0 saturated carbocycles. The Morgan fingerprint density at radius 1 is 1.25 bits per heavy atom. The number of terminal acetylenes is 1. The van der Waals surface area contributed by atoms with Crippen LogP contribution in [-0.2, 0) is 6.42 Å². The highest BCUT2D eigenvalue weighted by molar-refractivity contribution is 5.85. The van der Waals surface area contributed by atoms with Gasteiger partial charge in [-0.1, -0.05) is 48.4 Å². The average molecular weight is 266 g/mol. The van der Waals surface area contributed by atoms with Crippen LogP contribution in [-0.4, -0.2) is 31.1 Å². The van der Waals surface area contributed by atoms with Crippen molar-refractivity contribution in [2.45, 2.75) is 6.42 Å². The summed E-state index contributed by atoms with van der Waals surface area (Å²) in [5, 5.41) is 5.13. The lowest BCUT2D eigenvalue weighted by Crippen LogP contribution is -2.38. The number of hydrogen-bond acceptors (Lipinski definition) is 1. The van der Waals surface area contributed by atoms with Crippen molar-refractivity contribution in [3.63, 3.8) is 0 Å². The summed E-state index contributed by atoms with van der Waals surface area (Å²) in [7, 11) is 1.77. The predicted octanol–water partition coefficient (Wildman–Crippen LogP) is 2.66. The molecular weight excluding hydrogens is 248 g/mol. The maximum atomic E-state index is 11.7. The van der Waals surface area contributed by atoms with Gasteiger partial charge < -0.3 is 10.2 Å². The maximum absolute atomic E-state index is 11.7. The lowest BCUT2D eigenvalue weighted by Gasteiger charge is -2.17. The van der Waals surface area contributed by atoms with Gasteiger partial charge in [0.15, 0.2) is 0 Å². The van der Waals surface area contributed by atoms with Crippen LogP contribution in [0.2, 0.25) is 0 Å². The Kier molecular flexibility index (Phi) is 4.62. The SMILES string of the molecule is C#CCNC(=O)N(C)CCc1cccc2ccccc12. The second-order valence-corrected chi connectivity index (χ2v) is 4.67. The summed E-state index contributed by atoms with van der Waals surface area (Å²) in [4.78, 5) is 13.4. The number of hydrogen-bond donors (Lipinski definition) is 1. The lowest BCUT2D eigenvalue weighted by atomic mass is 10.0. The number of carbonyl (C=O) groups is 1. The van der Waals surface area contributed by atoms with Crippen LogP contribution in [0.1, 0.15) is 5.56 Å². The van der Waals surface area contributed by atoms with Crippen molar-refractivity contribution in [1.29, 1.82) is 0 Å². The first kappa shape index (κ1) is 14.0. The van der Waals surface area contributed by atoms with Crippen molar-refractivity contribution in [3.8, 4) is 12.3 Å². The zero-order chi connectivity index (χ0) is 14.4. The second-order valence-electron chi connectivity index (χ2n) is 4.67. The van der Waals surface area contributed by atoms with Crippen molar-refractivity contribution in [3.05, 3.63) is 48.0 Å². The van der Waals surface area contributed by atoms with Gasteiger partial charge in [-0.25, -0.2) is 4.79 Å². The minimum atomic E-state index is -0.136. The van der Waals surface area contributed by atoms with Crippen LogP contribution in [0.15, 0.2) is 42.5 Å². The summed E-state index contributed by atoms with van der Waals surface area (Å²) in [6, 6.07) is 14.4. The molecule has 3 nitrogen and oxygen atoms in total. The van der Waals surface area contributed by atoms with Crippen LogP contribution in [0.25, 0.3) is 10.8 Å². The van der Waals surface area contributed by atoms with Crippen LogP contribution < -0.4 is 5.32 Å². The zero-order valence-corrected chi connectivity index (χ0v) is 11.6. The van der Waals surface area contributed by atoms with Gasteiger partial charge in [-0.3, -0.25) is 0 Å². The zero-order valence-electron chi connectivity index (χ0n) is 11.6. The molecule has 0 aliphatic rings. The molecule has 0 radical (unpaired) electrons. The number of nitrogens with zero attached hydrogens (tertiary/aromatic N) is 1. The number of rotatable bonds is 4. The van der Waals surface area contributed by atoms with E-state index in [0.717, 1.165) is 6.42 Å². The Morgan fingerprint density at radius 3 is 2.80 bits per heavy atom. The van der Waals surface area contributed by atoms with E-state index in [1.54, 1.807) is 11.9 Å². The first-order valence-corrected chi connectivity index (χ1v) is 6.61. The monoisotopic (exact) mass is 266 g/mol. The van der Waals surface area contributed by atoms with E-state index in [0.29, 0.717) is 6.54 Å². The summed E-state index contributed by atoms with van der Waals surface area (Å²) in [5.74, 6) is 2.39. The number of benzene rings is 2. The third-order valence-electron chi connectivity index (χ3n) is 3.28. The number of fused-ring (bicyclic) bond motifs is 1. The molecule has 0 aliphatic heterocycles. The molecule has 2 rings (SSSR count). The van der Waals surface area contributed by atoms with Gasteiger partial charge in [-0.2, -0.15) is 0 Å². The van der Waals surface area contributed by atoms with Crippen molar-refractivity contribution in [2.75, 3.05) is 20.1 Å². The Labute approximate surface area is 119 Å². The third-order valence-corrected chi connectivity index (χ3v) is 3.28. The van der Waals surface area contributed by atoms with Crippen LogP contribution in [0.3, 0.4) is 0 Å². The molecule has 2 amide bonds. The molecule has 0 atom stereocenters. The number of urea groups is 1. The van der Waals surface area contributed by atoms with Crippen molar-refractivity contribution in [2.24, 2.45) is 0 Å². The summed E-state index contributed by atoms with van der Waals surface area (Å²) in [6.45, 7) is 0.919. The number of likely N-dealkylation sites (N-methyl/N-ethyl adjacent to an activating group) is 1. The predicted molar refractivity (Wildman–Crippen MR) is 82.5 cm³/mol. The van der Waals surface area contributed by atoms with Gasteiger partial charge in [-0.15, -0.1) is 6.42 Å². The van der Waals surface area contributed by atoms with E-state index < -0.39 is 0 Å². The fourth-order valence-electron chi connectivity index (χ4n) is 2.16. The molecule has 0 aromatic heterocycles.